The highest BCUT2D eigenvalue weighted by Gasteiger charge is 2.32. The Balaban J connectivity index is 1.65. The van der Waals surface area contributed by atoms with Gasteiger partial charge in [0.05, 0.1) is 11.1 Å². The van der Waals surface area contributed by atoms with Crippen LogP contribution in [0.15, 0.2) is 24.3 Å². The molecule has 0 bridgehead atoms. The molecule has 1 aromatic carbocycles. The summed E-state index contributed by atoms with van der Waals surface area (Å²) >= 11 is 1.69. The zero-order valence-corrected chi connectivity index (χ0v) is 16.9. The maximum absolute atomic E-state index is 12.4. The van der Waals surface area contributed by atoms with Crippen LogP contribution in [0.1, 0.15) is 75.0 Å². The minimum atomic E-state index is -0.476. The van der Waals surface area contributed by atoms with Crippen molar-refractivity contribution in [3.05, 3.63) is 45.8 Å². The Morgan fingerprint density at radius 1 is 1.07 bits per heavy atom. The Bertz CT molecular complexity index is 939. The third-order valence-electron chi connectivity index (χ3n) is 5.48. The molecule has 0 unspecified atom stereocenters. The smallest absolute Gasteiger partial charge is 0.259 e. The van der Waals surface area contributed by atoms with Crippen LogP contribution in [0.4, 0.5) is 0 Å². The van der Waals surface area contributed by atoms with Crippen molar-refractivity contribution in [3.63, 3.8) is 0 Å². The maximum atomic E-state index is 12.4. The molecule has 1 aromatic heterocycles. The highest BCUT2D eigenvalue weighted by Crippen LogP contribution is 2.34. The van der Waals surface area contributed by atoms with Crippen molar-refractivity contribution >= 4 is 28.9 Å². The Morgan fingerprint density at radius 2 is 1.82 bits per heavy atom. The number of likely N-dealkylation sites (tertiary alicyclic amines) is 1. The zero-order valence-electron chi connectivity index (χ0n) is 16.0. The molecule has 6 heteroatoms. The monoisotopic (exact) mass is 396 g/mol. The van der Waals surface area contributed by atoms with Crippen LogP contribution >= 0.6 is 11.3 Å². The Morgan fingerprint density at radius 3 is 2.54 bits per heavy atom. The lowest BCUT2D eigenvalue weighted by molar-refractivity contribution is 0.0874. The Kier molecular flexibility index (Phi) is 5.42. The van der Waals surface area contributed by atoms with E-state index >= 15 is 0 Å². The van der Waals surface area contributed by atoms with Crippen LogP contribution in [-0.2, 0) is 6.54 Å². The van der Waals surface area contributed by atoms with Gasteiger partial charge < -0.3 is 0 Å². The summed E-state index contributed by atoms with van der Waals surface area (Å²) in [4.78, 5) is 41.5. The number of thiophene rings is 1. The first-order chi connectivity index (χ1) is 13.6. The number of nitrogens with zero attached hydrogens (tertiary/aromatic N) is 1. The summed E-state index contributed by atoms with van der Waals surface area (Å²) in [6, 6.07) is 7.69. The van der Waals surface area contributed by atoms with Crippen molar-refractivity contribution in [2.75, 3.05) is 13.1 Å². The van der Waals surface area contributed by atoms with Crippen LogP contribution in [0.3, 0.4) is 0 Å². The van der Waals surface area contributed by atoms with Gasteiger partial charge in [0.2, 0.25) is 0 Å². The fraction of sp³-hybridized carbons (Fsp3) is 0.409. The molecule has 2 aliphatic heterocycles. The molecule has 146 valence electrons. The van der Waals surface area contributed by atoms with Gasteiger partial charge in [-0.3, -0.25) is 24.6 Å². The van der Waals surface area contributed by atoms with E-state index in [1.165, 1.54) is 30.6 Å². The van der Waals surface area contributed by atoms with Crippen molar-refractivity contribution in [1.29, 1.82) is 0 Å². The second kappa shape index (κ2) is 7.97. The van der Waals surface area contributed by atoms with Crippen molar-refractivity contribution in [2.45, 2.75) is 45.6 Å². The van der Waals surface area contributed by atoms with Crippen LogP contribution in [0.25, 0.3) is 10.4 Å². The maximum Gasteiger partial charge on any atom is 0.259 e. The number of ketones is 1. The summed E-state index contributed by atoms with van der Waals surface area (Å²) in [6.07, 6.45) is 5.44. The SMILES string of the molecule is CCC(=O)c1cc(-c2ccc(CN3CCCCCC3)s2)cc2c1C(=O)NC2=O. The standard InChI is InChI=1S/C22H24N2O3S/c1-2-18(25)16-11-14(12-17-20(16)22(27)23-21(17)26)19-8-7-15(28-19)13-24-9-5-3-4-6-10-24/h7-8,11-12H,2-6,9-10,13H2,1H3,(H,23,26,27). The van der Waals surface area contributed by atoms with E-state index in [0.29, 0.717) is 17.5 Å². The molecule has 0 aliphatic carbocycles. The predicted octanol–water partition coefficient (Wildman–Crippen LogP) is 4.27. The van der Waals surface area contributed by atoms with E-state index in [4.69, 9.17) is 0 Å². The van der Waals surface area contributed by atoms with E-state index in [1.807, 2.05) is 0 Å². The number of fused-ring (bicyclic) bond motifs is 1. The lowest BCUT2D eigenvalue weighted by Crippen LogP contribution is -2.23. The second-order valence-corrected chi connectivity index (χ2v) is 8.63. The van der Waals surface area contributed by atoms with Crippen LogP contribution in [0.5, 0.6) is 0 Å². The molecule has 0 saturated carbocycles. The van der Waals surface area contributed by atoms with Gasteiger partial charge in [-0.25, -0.2) is 0 Å². The molecule has 2 aromatic rings. The van der Waals surface area contributed by atoms with Gasteiger partial charge >= 0.3 is 0 Å². The molecule has 1 fully saturated rings. The highest BCUT2D eigenvalue weighted by molar-refractivity contribution is 7.15. The molecule has 0 spiro atoms. The van der Waals surface area contributed by atoms with Gasteiger partial charge in [-0.05, 0) is 55.8 Å². The van der Waals surface area contributed by atoms with Gasteiger partial charge in [-0.1, -0.05) is 19.8 Å². The lowest BCUT2D eigenvalue weighted by atomic mass is 9.95. The molecule has 4 rings (SSSR count). The summed E-state index contributed by atoms with van der Waals surface area (Å²) < 4.78 is 0. The normalized spacial score (nSPS) is 17.3. The number of rotatable bonds is 5. The first-order valence-corrected chi connectivity index (χ1v) is 10.8. The van der Waals surface area contributed by atoms with Crippen molar-refractivity contribution in [2.24, 2.45) is 0 Å². The number of Topliss-reactive ketones (excluding diaryl/α,β-unsaturated/α-hetero) is 1. The van der Waals surface area contributed by atoms with E-state index < -0.39 is 11.8 Å². The largest absolute Gasteiger partial charge is 0.298 e. The third-order valence-corrected chi connectivity index (χ3v) is 6.60. The number of amides is 2. The molecule has 1 N–H and O–H groups in total. The average Bonchev–Trinajstić information content (AvgIpc) is 3.16. The fourth-order valence-corrected chi connectivity index (χ4v) is 5.02. The van der Waals surface area contributed by atoms with Crippen LogP contribution in [-0.4, -0.2) is 35.6 Å². The van der Waals surface area contributed by atoms with Gasteiger partial charge in [-0.15, -0.1) is 11.3 Å². The highest BCUT2D eigenvalue weighted by atomic mass is 32.1. The number of hydrogen-bond donors (Lipinski definition) is 1. The summed E-state index contributed by atoms with van der Waals surface area (Å²) in [5, 5.41) is 2.31. The molecule has 1 saturated heterocycles. The molecule has 3 heterocycles. The van der Waals surface area contributed by atoms with E-state index in [0.717, 1.165) is 30.1 Å². The number of imide groups is 1. The molecular formula is C22H24N2O3S. The average molecular weight is 397 g/mol. The van der Waals surface area contributed by atoms with Gasteiger partial charge in [-0.2, -0.15) is 0 Å². The molecule has 2 amide bonds. The first-order valence-electron chi connectivity index (χ1n) is 9.95. The molecule has 28 heavy (non-hydrogen) atoms. The number of benzene rings is 1. The van der Waals surface area contributed by atoms with Crippen molar-refractivity contribution in [3.8, 4) is 10.4 Å². The predicted molar refractivity (Wildman–Crippen MR) is 110 cm³/mol. The second-order valence-electron chi connectivity index (χ2n) is 7.46. The minimum Gasteiger partial charge on any atom is -0.298 e. The molecule has 0 radical (unpaired) electrons. The number of carbonyl (C=O) groups excluding carboxylic acids is 3. The minimum absolute atomic E-state index is 0.121. The molecule has 0 atom stereocenters. The summed E-state index contributed by atoms with van der Waals surface area (Å²) in [6.45, 7) is 4.99. The zero-order chi connectivity index (χ0) is 19.7. The van der Waals surface area contributed by atoms with Gasteiger partial charge in [0.1, 0.15) is 0 Å². The Labute approximate surface area is 168 Å². The molecular weight excluding hydrogens is 372 g/mol. The third kappa shape index (κ3) is 3.66. The first kappa shape index (κ1) is 19.0. The molecule has 2 aliphatic rings. The summed E-state index contributed by atoms with van der Waals surface area (Å²) in [5.41, 5.74) is 1.71. The number of nitrogens with one attached hydrogen (secondary N) is 1. The summed E-state index contributed by atoms with van der Waals surface area (Å²) in [7, 11) is 0. The van der Waals surface area contributed by atoms with Crippen molar-refractivity contribution < 1.29 is 14.4 Å². The van der Waals surface area contributed by atoms with E-state index in [-0.39, 0.29) is 11.3 Å². The van der Waals surface area contributed by atoms with Gasteiger partial charge in [0, 0.05) is 28.3 Å². The van der Waals surface area contributed by atoms with Crippen LogP contribution in [0, 0.1) is 0 Å². The lowest BCUT2D eigenvalue weighted by Gasteiger charge is -2.18. The van der Waals surface area contributed by atoms with Crippen LogP contribution in [0.2, 0.25) is 0 Å². The van der Waals surface area contributed by atoms with Gasteiger partial charge in [0.25, 0.3) is 11.8 Å². The van der Waals surface area contributed by atoms with E-state index in [1.54, 1.807) is 30.4 Å². The number of carbonyl (C=O) groups is 3. The number of hydrogen-bond acceptors (Lipinski definition) is 5. The Hall–Kier alpha value is -2.31. The van der Waals surface area contributed by atoms with Crippen LogP contribution < -0.4 is 5.32 Å². The van der Waals surface area contributed by atoms with Crippen molar-refractivity contribution in [1.82, 2.24) is 10.2 Å². The van der Waals surface area contributed by atoms with Gasteiger partial charge in [0.15, 0.2) is 5.78 Å². The summed E-state index contributed by atoms with van der Waals surface area (Å²) in [5.74, 6) is -1.02. The topological polar surface area (TPSA) is 66.5 Å². The fourth-order valence-electron chi connectivity index (χ4n) is 3.98. The van der Waals surface area contributed by atoms with E-state index in [9.17, 15) is 14.4 Å². The molecule has 5 nitrogen and oxygen atoms in total. The quantitative estimate of drug-likeness (QED) is 0.605. The van der Waals surface area contributed by atoms with E-state index in [2.05, 4.69) is 22.3 Å².